The molecular formula is C10H10N2O. The van der Waals surface area contributed by atoms with Gasteiger partial charge in [0.05, 0.1) is 5.52 Å². The molecule has 0 aliphatic carbocycles. The summed E-state index contributed by atoms with van der Waals surface area (Å²) in [5, 5.41) is 9.74. The second-order valence-electron chi connectivity index (χ2n) is 3.04. The fraction of sp³-hybridized carbons (Fsp3) is 0.200. The van der Waals surface area contributed by atoms with E-state index in [-0.39, 0.29) is 5.75 Å². The third-order valence-corrected chi connectivity index (χ3v) is 2.20. The van der Waals surface area contributed by atoms with Crippen molar-refractivity contribution in [2.45, 2.75) is 13.8 Å². The number of rotatable bonds is 0. The van der Waals surface area contributed by atoms with Gasteiger partial charge >= 0.3 is 0 Å². The number of hydrogen-bond acceptors (Lipinski definition) is 3. The van der Waals surface area contributed by atoms with Gasteiger partial charge in [0, 0.05) is 17.5 Å². The van der Waals surface area contributed by atoms with E-state index in [0.29, 0.717) is 5.52 Å². The van der Waals surface area contributed by atoms with E-state index < -0.39 is 0 Å². The van der Waals surface area contributed by atoms with Gasteiger partial charge in [-0.05, 0) is 26.0 Å². The van der Waals surface area contributed by atoms with E-state index in [0.717, 1.165) is 16.8 Å². The van der Waals surface area contributed by atoms with Crippen molar-refractivity contribution in [2.75, 3.05) is 0 Å². The molecule has 0 aliphatic rings. The van der Waals surface area contributed by atoms with Crippen molar-refractivity contribution in [3.63, 3.8) is 0 Å². The number of nitrogens with zero attached hydrogens (tertiary/aromatic N) is 2. The van der Waals surface area contributed by atoms with Crippen LogP contribution in [-0.4, -0.2) is 15.1 Å². The Bertz CT molecular complexity index is 466. The Kier molecular flexibility index (Phi) is 1.65. The van der Waals surface area contributed by atoms with E-state index in [2.05, 4.69) is 9.97 Å². The van der Waals surface area contributed by atoms with Gasteiger partial charge in [0.2, 0.25) is 0 Å². The lowest BCUT2D eigenvalue weighted by Gasteiger charge is -2.05. The van der Waals surface area contributed by atoms with Gasteiger partial charge in [-0.25, -0.2) is 0 Å². The number of hydrogen-bond donors (Lipinski definition) is 1. The Hall–Kier alpha value is -1.64. The van der Waals surface area contributed by atoms with Crippen molar-refractivity contribution in [2.24, 2.45) is 0 Å². The maximum atomic E-state index is 9.74. The van der Waals surface area contributed by atoms with Gasteiger partial charge in [0.15, 0.2) is 0 Å². The highest BCUT2D eigenvalue weighted by Crippen LogP contribution is 2.26. The van der Waals surface area contributed by atoms with E-state index in [1.165, 1.54) is 0 Å². The molecule has 0 bridgehead atoms. The molecule has 0 saturated heterocycles. The molecule has 2 heterocycles. The minimum Gasteiger partial charge on any atom is -0.505 e. The van der Waals surface area contributed by atoms with Crippen LogP contribution in [0, 0.1) is 13.8 Å². The zero-order valence-corrected chi connectivity index (χ0v) is 7.57. The Labute approximate surface area is 76.1 Å². The molecule has 2 aromatic rings. The van der Waals surface area contributed by atoms with Crippen LogP contribution >= 0.6 is 0 Å². The molecule has 2 rings (SSSR count). The second kappa shape index (κ2) is 2.69. The molecule has 3 heteroatoms. The number of fused-ring (bicyclic) bond motifs is 1. The third kappa shape index (κ3) is 1.13. The Balaban J connectivity index is 2.94. The highest BCUT2D eigenvalue weighted by Gasteiger charge is 2.07. The average Bonchev–Trinajstić information content (AvgIpc) is 2.15. The van der Waals surface area contributed by atoms with Crippen molar-refractivity contribution in [1.29, 1.82) is 0 Å². The number of aromatic hydroxyl groups is 1. The van der Waals surface area contributed by atoms with E-state index in [9.17, 15) is 5.11 Å². The smallest absolute Gasteiger partial charge is 0.148 e. The molecular weight excluding hydrogens is 164 g/mol. The Morgan fingerprint density at radius 1 is 1.31 bits per heavy atom. The summed E-state index contributed by atoms with van der Waals surface area (Å²) >= 11 is 0. The van der Waals surface area contributed by atoms with E-state index in [4.69, 9.17) is 0 Å². The van der Waals surface area contributed by atoms with Gasteiger partial charge in [-0.3, -0.25) is 9.97 Å². The average molecular weight is 174 g/mol. The van der Waals surface area contributed by atoms with Crippen molar-refractivity contribution in [3.8, 4) is 5.75 Å². The van der Waals surface area contributed by atoms with Crippen LogP contribution in [-0.2, 0) is 0 Å². The number of aromatic nitrogens is 2. The molecule has 0 unspecified atom stereocenters. The number of aryl methyl sites for hydroxylation is 1. The van der Waals surface area contributed by atoms with E-state index in [1.807, 2.05) is 26.0 Å². The van der Waals surface area contributed by atoms with Crippen LogP contribution in [0.3, 0.4) is 0 Å². The maximum absolute atomic E-state index is 9.74. The third-order valence-electron chi connectivity index (χ3n) is 2.20. The first kappa shape index (κ1) is 7.98. The lowest BCUT2D eigenvalue weighted by atomic mass is 10.1. The zero-order chi connectivity index (χ0) is 9.42. The first-order valence-corrected chi connectivity index (χ1v) is 4.11. The molecule has 0 atom stereocenters. The monoisotopic (exact) mass is 174 g/mol. The summed E-state index contributed by atoms with van der Waals surface area (Å²) in [6.45, 7) is 3.72. The maximum Gasteiger partial charge on any atom is 0.148 e. The predicted molar refractivity (Wildman–Crippen MR) is 50.7 cm³/mol. The SMILES string of the molecule is Cc1nc2cccnc2c(O)c1C. The molecule has 13 heavy (non-hydrogen) atoms. The molecule has 0 saturated carbocycles. The van der Waals surface area contributed by atoms with Gasteiger partial charge in [0.25, 0.3) is 0 Å². The molecule has 0 fully saturated rings. The minimum absolute atomic E-state index is 0.239. The van der Waals surface area contributed by atoms with Crippen molar-refractivity contribution in [3.05, 3.63) is 29.6 Å². The van der Waals surface area contributed by atoms with E-state index in [1.54, 1.807) is 6.20 Å². The van der Waals surface area contributed by atoms with Crippen molar-refractivity contribution in [1.82, 2.24) is 9.97 Å². The summed E-state index contributed by atoms with van der Waals surface area (Å²) in [4.78, 5) is 8.38. The molecule has 0 aromatic carbocycles. The molecule has 3 nitrogen and oxygen atoms in total. The first-order chi connectivity index (χ1) is 6.20. The summed E-state index contributed by atoms with van der Waals surface area (Å²) in [7, 11) is 0. The van der Waals surface area contributed by atoms with Crippen molar-refractivity contribution < 1.29 is 5.11 Å². The highest BCUT2D eigenvalue weighted by molar-refractivity contribution is 5.81. The lowest BCUT2D eigenvalue weighted by molar-refractivity contribution is 0.475. The van der Waals surface area contributed by atoms with Gasteiger partial charge in [-0.2, -0.15) is 0 Å². The summed E-state index contributed by atoms with van der Waals surface area (Å²) in [6.07, 6.45) is 1.65. The fourth-order valence-corrected chi connectivity index (χ4v) is 1.28. The normalized spacial score (nSPS) is 10.6. The first-order valence-electron chi connectivity index (χ1n) is 4.11. The molecule has 2 aromatic heterocycles. The summed E-state index contributed by atoms with van der Waals surface area (Å²) in [5.74, 6) is 0.239. The van der Waals surface area contributed by atoms with Gasteiger partial charge in [0.1, 0.15) is 11.3 Å². The quantitative estimate of drug-likeness (QED) is 0.664. The van der Waals surface area contributed by atoms with Crippen LogP contribution in [0.5, 0.6) is 5.75 Å². The summed E-state index contributed by atoms with van der Waals surface area (Å²) < 4.78 is 0. The van der Waals surface area contributed by atoms with Gasteiger partial charge < -0.3 is 5.11 Å². The topological polar surface area (TPSA) is 46.0 Å². The molecule has 1 N–H and O–H groups in total. The minimum atomic E-state index is 0.239. The number of pyridine rings is 2. The van der Waals surface area contributed by atoms with Crippen LogP contribution in [0.1, 0.15) is 11.3 Å². The summed E-state index contributed by atoms with van der Waals surface area (Å²) in [5.41, 5.74) is 2.96. The Morgan fingerprint density at radius 3 is 2.85 bits per heavy atom. The van der Waals surface area contributed by atoms with Crippen LogP contribution < -0.4 is 0 Å². The Morgan fingerprint density at radius 2 is 2.08 bits per heavy atom. The van der Waals surface area contributed by atoms with Crippen LogP contribution in [0.4, 0.5) is 0 Å². The van der Waals surface area contributed by atoms with Gasteiger partial charge in [-0.15, -0.1) is 0 Å². The molecule has 0 spiro atoms. The van der Waals surface area contributed by atoms with Gasteiger partial charge in [-0.1, -0.05) is 0 Å². The second-order valence-corrected chi connectivity index (χ2v) is 3.04. The standard InChI is InChI=1S/C10H10N2O/c1-6-7(2)12-8-4-3-5-11-9(8)10(6)13/h3-5H,1-2H3,(H,12,13). The van der Waals surface area contributed by atoms with Crippen LogP contribution in [0.15, 0.2) is 18.3 Å². The highest BCUT2D eigenvalue weighted by atomic mass is 16.3. The molecule has 0 radical (unpaired) electrons. The van der Waals surface area contributed by atoms with Crippen molar-refractivity contribution >= 4 is 11.0 Å². The van der Waals surface area contributed by atoms with Crippen LogP contribution in [0.2, 0.25) is 0 Å². The van der Waals surface area contributed by atoms with Crippen LogP contribution in [0.25, 0.3) is 11.0 Å². The molecule has 66 valence electrons. The predicted octanol–water partition coefficient (Wildman–Crippen LogP) is 1.95. The summed E-state index contributed by atoms with van der Waals surface area (Å²) in [6, 6.07) is 3.65. The molecule has 0 aliphatic heterocycles. The molecule has 0 amide bonds. The van der Waals surface area contributed by atoms with E-state index >= 15 is 0 Å². The lowest BCUT2D eigenvalue weighted by Crippen LogP contribution is -1.91. The fourth-order valence-electron chi connectivity index (χ4n) is 1.28. The zero-order valence-electron chi connectivity index (χ0n) is 7.57. The largest absolute Gasteiger partial charge is 0.505 e.